The van der Waals surface area contributed by atoms with Crippen molar-refractivity contribution in [1.82, 2.24) is 0 Å². The predicted molar refractivity (Wildman–Crippen MR) is 94.1 cm³/mol. The molecule has 0 aromatic heterocycles. The first-order valence-corrected chi connectivity index (χ1v) is 11.1. The molecule has 0 atom stereocenters. The van der Waals surface area contributed by atoms with E-state index in [1.54, 1.807) is 55.4 Å². The number of aliphatic hydroxyl groups is 4. The Morgan fingerprint density at radius 1 is 0.545 bits per heavy atom. The molecule has 0 spiro atoms. The Kier molecular flexibility index (Phi) is 76.4. The molecule has 138 valence electrons. The molecule has 0 aliphatic heterocycles. The van der Waals surface area contributed by atoms with Crippen LogP contribution in [-0.2, 0) is 43.4 Å². The summed E-state index contributed by atoms with van der Waals surface area (Å²) in [5.74, 6) is 0. The first-order chi connectivity index (χ1) is 8.66. The van der Waals surface area contributed by atoms with E-state index < -0.39 is 8.11 Å². The zero-order valence-corrected chi connectivity index (χ0v) is 21.1. The second-order valence-electron chi connectivity index (χ2n) is 5.39. The van der Waals surface area contributed by atoms with Gasteiger partial charge in [-0.25, -0.2) is 0 Å². The van der Waals surface area contributed by atoms with Crippen molar-refractivity contribution >= 4 is 19.2 Å². The van der Waals surface area contributed by atoms with Gasteiger partial charge in [-0.3, -0.25) is 0 Å². The van der Waals surface area contributed by atoms with Crippen LogP contribution in [-0.4, -0.2) is 52.9 Å². The van der Waals surface area contributed by atoms with Crippen LogP contribution in [0.15, 0.2) is 0 Å². The molecule has 8 heteroatoms. The molecule has 0 unspecified atom stereocenters. The fourth-order valence-corrected chi connectivity index (χ4v) is 0. The molecule has 0 saturated carbocycles. The van der Waals surface area contributed by atoms with Gasteiger partial charge in [-0.1, -0.05) is 13.1 Å². The van der Waals surface area contributed by atoms with Gasteiger partial charge in [-0.2, -0.15) is 11.1 Å². The van der Waals surface area contributed by atoms with Crippen LogP contribution >= 0.6 is 11.1 Å². The maximum absolute atomic E-state index is 8.06. The van der Waals surface area contributed by atoms with Gasteiger partial charge in [0.25, 0.3) is 0 Å². The van der Waals surface area contributed by atoms with Gasteiger partial charge in [-0.05, 0) is 55.4 Å². The predicted octanol–water partition coefficient (Wildman–Crippen LogP) is 2.75. The standard InChI is InChI=1S/4C3H8O.C2H7ClSi.2Ti/c4*1-3(2)4;1-4(2)3;;/h4*3-4H,1-2H3;4H,1-2H3;;. The zero-order chi connectivity index (χ0) is 17.9. The summed E-state index contributed by atoms with van der Waals surface area (Å²) in [4.78, 5) is 0. The molecule has 0 saturated heterocycles. The van der Waals surface area contributed by atoms with E-state index in [9.17, 15) is 0 Å². The van der Waals surface area contributed by atoms with Crippen molar-refractivity contribution in [1.29, 1.82) is 0 Å². The van der Waals surface area contributed by atoms with Crippen molar-refractivity contribution in [2.75, 3.05) is 0 Å². The van der Waals surface area contributed by atoms with Crippen molar-refractivity contribution in [3.8, 4) is 0 Å². The number of hydrogen-bond donors (Lipinski definition) is 4. The monoisotopic (exact) mass is 430 g/mol. The van der Waals surface area contributed by atoms with E-state index in [0.717, 1.165) is 0 Å². The van der Waals surface area contributed by atoms with Crippen LogP contribution in [0.25, 0.3) is 0 Å². The molecule has 0 amide bonds. The molecule has 22 heavy (non-hydrogen) atoms. The van der Waals surface area contributed by atoms with Crippen LogP contribution in [0, 0.1) is 0 Å². The molecule has 4 N–H and O–H groups in total. The second-order valence-corrected chi connectivity index (χ2v) is 10.0. The van der Waals surface area contributed by atoms with E-state index in [1.807, 2.05) is 0 Å². The summed E-state index contributed by atoms with van der Waals surface area (Å²) in [7, 11) is -0.667. The van der Waals surface area contributed by atoms with E-state index in [-0.39, 0.29) is 67.9 Å². The van der Waals surface area contributed by atoms with Crippen molar-refractivity contribution < 1.29 is 63.9 Å². The van der Waals surface area contributed by atoms with E-state index in [2.05, 4.69) is 13.1 Å². The SMILES string of the molecule is CC(C)O.CC(C)O.CC(C)O.CC(C)O.C[SiH](C)Cl.[Ti].[Ti]. The van der Waals surface area contributed by atoms with Crippen LogP contribution in [0.4, 0.5) is 0 Å². The molecule has 0 rings (SSSR count). The topological polar surface area (TPSA) is 80.9 Å². The number of rotatable bonds is 0. The van der Waals surface area contributed by atoms with E-state index in [1.165, 1.54) is 0 Å². The van der Waals surface area contributed by atoms with Gasteiger partial charge < -0.3 is 20.4 Å². The van der Waals surface area contributed by atoms with Crippen LogP contribution in [0.3, 0.4) is 0 Å². The van der Waals surface area contributed by atoms with Gasteiger partial charge in [0.15, 0.2) is 0 Å². The Morgan fingerprint density at radius 2 is 0.545 bits per heavy atom. The van der Waals surface area contributed by atoms with E-state index in [4.69, 9.17) is 31.5 Å². The zero-order valence-electron chi connectivity index (χ0n) is 16.1. The Morgan fingerprint density at radius 3 is 0.545 bits per heavy atom. The molecule has 0 radical (unpaired) electrons. The molecule has 4 nitrogen and oxygen atoms in total. The molecule has 0 bridgehead atoms. The molecular formula is C14H39ClO4SiTi2. The minimum Gasteiger partial charge on any atom is -0.394 e. The van der Waals surface area contributed by atoms with Gasteiger partial charge >= 0.3 is 0 Å². The summed E-state index contributed by atoms with van der Waals surface area (Å²) >= 11 is 5.41. The molecule has 0 heterocycles. The minimum atomic E-state index is -0.667. The maximum Gasteiger partial charge on any atom is 0.134 e. The van der Waals surface area contributed by atoms with E-state index in [0.29, 0.717) is 0 Å². The summed E-state index contributed by atoms with van der Waals surface area (Å²) in [5, 5.41) is 32.2. The average Bonchev–Trinajstić information content (AvgIpc) is 1.94. The Labute approximate surface area is 175 Å². The van der Waals surface area contributed by atoms with Crippen LogP contribution in [0.5, 0.6) is 0 Å². The summed E-state index contributed by atoms with van der Waals surface area (Å²) in [6, 6.07) is 0. The fraction of sp³-hybridized carbons (Fsp3) is 1.00. The number of aliphatic hydroxyl groups excluding tert-OH is 4. The third-order valence-corrected chi connectivity index (χ3v) is 0. The number of hydrogen-bond acceptors (Lipinski definition) is 4. The van der Waals surface area contributed by atoms with Gasteiger partial charge in [0, 0.05) is 67.9 Å². The molecule has 0 aromatic rings. The quantitative estimate of drug-likeness (QED) is 0.352. The van der Waals surface area contributed by atoms with Crippen molar-refractivity contribution in [2.45, 2.75) is 92.9 Å². The second kappa shape index (κ2) is 38.4. The summed E-state index contributed by atoms with van der Waals surface area (Å²) in [5.41, 5.74) is 0. The first kappa shape index (κ1) is 43.8. The third-order valence-electron chi connectivity index (χ3n) is 0. The van der Waals surface area contributed by atoms with Crippen molar-refractivity contribution in [3.63, 3.8) is 0 Å². The normalized spacial score (nSPS) is 8.18. The maximum atomic E-state index is 8.06. The summed E-state index contributed by atoms with van der Waals surface area (Å²) < 4.78 is 0. The fourth-order valence-electron chi connectivity index (χ4n) is 0. The van der Waals surface area contributed by atoms with Gasteiger partial charge in [-0.15, -0.1) is 0 Å². The average molecular weight is 431 g/mol. The van der Waals surface area contributed by atoms with Gasteiger partial charge in [0.2, 0.25) is 0 Å². The van der Waals surface area contributed by atoms with Crippen molar-refractivity contribution in [2.24, 2.45) is 0 Å². The van der Waals surface area contributed by atoms with Gasteiger partial charge in [0.1, 0.15) is 8.11 Å². The van der Waals surface area contributed by atoms with Crippen molar-refractivity contribution in [3.05, 3.63) is 0 Å². The van der Waals surface area contributed by atoms with E-state index >= 15 is 0 Å². The largest absolute Gasteiger partial charge is 0.394 e. The Hall–Kier alpha value is 1.78. The Balaban J connectivity index is -0.0000000250. The molecule has 0 aliphatic carbocycles. The van der Waals surface area contributed by atoms with Crippen LogP contribution < -0.4 is 0 Å². The van der Waals surface area contributed by atoms with Crippen LogP contribution in [0.1, 0.15) is 55.4 Å². The molecule has 0 aliphatic rings. The first-order valence-electron chi connectivity index (χ1n) is 7.02. The van der Waals surface area contributed by atoms with Gasteiger partial charge in [0.05, 0.1) is 0 Å². The number of halogens is 1. The molecule has 0 aromatic carbocycles. The summed E-state index contributed by atoms with van der Waals surface area (Å²) in [6.07, 6.45) is -0.667. The van der Waals surface area contributed by atoms with Crippen LogP contribution in [0.2, 0.25) is 13.1 Å². The summed E-state index contributed by atoms with van der Waals surface area (Å²) in [6.45, 7) is 17.9. The molecule has 0 fully saturated rings. The minimum absolute atomic E-state index is 0. The molecular weight excluding hydrogens is 391 g/mol. The Bertz CT molecular complexity index is 93.4. The third kappa shape index (κ3) is 2980. The smallest absolute Gasteiger partial charge is 0.134 e.